The molecule has 2 aliphatic heterocycles. The summed E-state index contributed by atoms with van der Waals surface area (Å²) in [7, 11) is 3.52. The molecule has 1 saturated heterocycles. The summed E-state index contributed by atoms with van der Waals surface area (Å²) in [6.07, 6.45) is 6.11. The molecule has 0 saturated carbocycles. The first-order valence-corrected chi connectivity index (χ1v) is 10.3. The van der Waals surface area contributed by atoms with Crippen molar-refractivity contribution in [3.63, 3.8) is 0 Å². The first-order chi connectivity index (χ1) is 15.0. The molecule has 1 atom stereocenters. The lowest BCUT2D eigenvalue weighted by Gasteiger charge is -2.46. The normalized spacial score (nSPS) is 19.3. The third-order valence-corrected chi connectivity index (χ3v) is 6.24. The summed E-state index contributed by atoms with van der Waals surface area (Å²) >= 11 is 0. The van der Waals surface area contributed by atoms with Gasteiger partial charge < -0.3 is 19.3 Å². The Balaban J connectivity index is 1.59. The van der Waals surface area contributed by atoms with Crippen molar-refractivity contribution in [2.24, 2.45) is 0 Å². The van der Waals surface area contributed by atoms with E-state index >= 15 is 0 Å². The van der Waals surface area contributed by atoms with Crippen LogP contribution < -0.4 is 4.90 Å². The summed E-state index contributed by atoms with van der Waals surface area (Å²) in [6, 6.07) is 13.3. The molecule has 5 rings (SSSR count). The molecule has 1 fully saturated rings. The summed E-state index contributed by atoms with van der Waals surface area (Å²) in [5, 5.41) is 0. The van der Waals surface area contributed by atoms with Crippen molar-refractivity contribution in [2.75, 3.05) is 38.6 Å². The second-order valence-corrected chi connectivity index (χ2v) is 8.21. The topological polar surface area (TPSA) is 74.6 Å². The fourth-order valence-electron chi connectivity index (χ4n) is 4.66. The van der Waals surface area contributed by atoms with Crippen LogP contribution in [0, 0.1) is 0 Å². The standard InChI is InChI=1S/C23H24N6O2/c1-26(2)20(30)15-29-18-8-5-12-25-21(18)28-13-6-9-19(28)23(29)10-14-27(16-23)22(31)17-7-3-4-11-24-17/h3-9,11-13H,10,14-16H2,1-2H3/t23-/m0/s1. The van der Waals surface area contributed by atoms with Crippen LogP contribution in [0.25, 0.3) is 5.82 Å². The van der Waals surface area contributed by atoms with Crippen LogP contribution in [0.15, 0.2) is 61.1 Å². The van der Waals surface area contributed by atoms with Gasteiger partial charge in [-0.15, -0.1) is 0 Å². The maximum Gasteiger partial charge on any atom is 0.272 e. The summed E-state index contributed by atoms with van der Waals surface area (Å²) in [6.45, 7) is 1.27. The SMILES string of the molecule is CN(C)C(=O)CN1c2cccnc2-n2cccc2[C@@]12CCN(C(=O)c1ccccn1)C2. The maximum absolute atomic E-state index is 13.2. The Morgan fingerprint density at radius 3 is 2.68 bits per heavy atom. The Morgan fingerprint density at radius 1 is 1.06 bits per heavy atom. The van der Waals surface area contributed by atoms with E-state index in [2.05, 4.69) is 25.5 Å². The van der Waals surface area contributed by atoms with Crippen LogP contribution in [0.5, 0.6) is 0 Å². The molecule has 0 aliphatic carbocycles. The van der Waals surface area contributed by atoms with Crippen molar-refractivity contribution >= 4 is 17.5 Å². The van der Waals surface area contributed by atoms with Crippen molar-refractivity contribution < 1.29 is 9.59 Å². The molecule has 2 amide bonds. The number of nitrogens with zero attached hydrogens (tertiary/aromatic N) is 6. The molecule has 0 N–H and O–H groups in total. The van der Waals surface area contributed by atoms with Crippen LogP contribution in [-0.2, 0) is 10.3 Å². The van der Waals surface area contributed by atoms with Crippen LogP contribution in [0.2, 0.25) is 0 Å². The van der Waals surface area contributed by atoms with E-state index in [0.717, 1.165) is 17.2 Å². The number of anilines is 1. The van der Waals surface area contributed by atoms with E-state index in [9.17, 15) is 9.59 Å². The summed E-state index contributed by atoms with van der Waals surface area (Å²) in [4.78, 5) is 40.4. The van der Waals surface area contributed by atoms with Crippen molar-refractivity contribution in [1.82, 2.24) is 24.3 Å². The summed E-state index contributed by atoms with van der Waals surface area (Å²) in [5.41, 5.74) is 1.86. The number of hydrogen-bond acceptors (Lipinski definition) is 5. The lowest BCUT2D eigenvalue weighted by Crippen LogP contribution is -2.55. The molecule has 0 radical (unpaired) electrons. The highest BCUT2D eigenvalue weighted by atomic mass is 16.2. The number of carbonyl (C=O) groups excluding carboxylic acids is 2. The van der Waals surface area contributed by atoms with Crippen molar-refractivity contribution in [2.45, 2.75) is 12.0 Å². The Hall–Kier alpha value is -3.68. The van der Waals surface area contributed by atoms with Gasteiger partial charge in [0, 0.05) is 45.8 Å². The van der Waals surface area contributed by atoms with Crippen molar-refractivity contribution in [3.8, 4) is 5.82 Å². The highest BCUT2D eigenvalue weighted by Crippen LogP contribution is 2.47. The smallest absolute Gasteiger partial charge is 0.272 e. The van der Waals surface area contributed by atoms with E-state index in [-0.39, 0.29) is 18.4 Å². The molecule has 1 spiro atoms. The predicted molar refractivity (Wildman–Crippen MR) is 116 cm³/mol. The molecule has 3 aromatic heterocycles. The number of fused-ring (bicyclic) bond motifs is 4. The lowest BCUT2D eigenvalue weighted by atomic mass is 9.88. The number of likely N-dealkylation sites (N-methyl/N-ethyl adjacent to an activating group) is 1. The van der Waals surface area contributed by atoms with Gasteiger partial charge in [0.1, 0.15) is 11.2 Å². The number of carbonyl (C=O) groups is 2. The van der Waals surface area contributed by atoms with Gasteiger partial charge in [-0.05, 0) is 42.8 Å². The molecule has 158 valence electrons. The zero-order valence-corrected chi connectivity index (χ0v) is 17.6. The minimum absolute atomic E-state index is 0.00341. The van der Waals surface area contributed by atoms with Gasteiger partial charge in [0.15, 0.2) is 5.82 Å². The monoisotopic (exact) mass is 416 g/mol. The van der Waals surface area contributed by atoms with Crippen LogP contribution in [0.3, 0.4) is 0 Å². The van der Waals surface area contributed by atoms with Crippen LogP contribution in [0.1, 0.15) is 22.6 Å². The van der Waals surface area contributed by atoms with E-state index < -0.39 is 5.54 Å². The Morgan fingerprint density at radius 2 is 1.90 bits per heavy atom. The van der Waals surface area contributed by atoms with Crippen LogP contribution in [-0.4, -0.2) is 69.9 Å². The molecule has 8 nitrogen and oxygen atoms in total. The van der Waals surface area contributed by atoms with Crippen molar-refractivity contribution in [3.05, 3.63) is 72.4 Å². The molecule has 3 aromatic rings. The van der Waals surface area contributed by atoms with E-state index in [1.165, 1.54) is 0 Å². The fraction of sp³-hybridized carbons (Fsp3) is 0.304. The van der Waals surface area contributed by atoms with Crippen molar-refractivity contribution in [1.29, 1.82) is 0 Å². The van der Waals surface area contributed by atoms with Gasteiger partial charge in [-0.25, -0.2) is 4.98 Å². The Bertz CT molecular complexity index is 1140. The number of likely N-dealkylation sites (tertiary alicyclic amines) is 1. The highest BCUT2D eigenvalue weighted by molar-refractivity contribution is 5.93. The molecule has 5 heterocycles. The average molecular weight is 416 g/mol. The van der Waals surface area contributed by atoms with Crippen LogP contribution >= 0.6 is 0 Å². The minimum Gasteiger partial charge on any atom is -0.347 e. The molecule has 0 aromatic carbocycles. The quantitative estimate of drug-likeness (QED) is 0.652. The van der Waals surface area contributed by atoms with Gasteiger partial charge in [0.25, 0.3) is 5.91 Å². The van der Waals surface area contributed by atoms with Gasteiger partial charge >= 0.3 is 0 Å². The molecule has 8 heteroatoms. The van der Waals surface area contributed by atoms with Gasteiger partial charge in [0.2, 0.25) is 5.91 Å². The molecular formula is C23H24N6O2. The molecule has 0 unspecified atom stereocenters. The highest BCUT2D eigenvalue weighted by Gasteiger charge is 2.51. The van der Waals surface area contributed by atoms with E-state index in [0.29, 0.717) is 25.2 Å². The summed E-state index contributed by atoms with van der Waals surface area (Å²) < 4.78 is 2.08. The second kappa shape index (κ2) is 7.23. The third kappa shape index (κ3) is 2.98. The number of pyridine rings is 2. The Kier molecular flexibility index (Phi) is 4.50. The number of hydrogen-bond donors (Lipinski definition) is 0. The second-order valence-electron chi connectivity index (χ2n) is 8.21. The molecule has 2 aliphatic rings. The largest absolute Gasteiger partial charge is 0.347 e. The predicted octanol–water partition coefficient (Wildman–Crippen LogP) is 1.92. The molecule has 31 heavy (non-hydrogen) atoms. The minimum atomic E-state index is -0.518. The van der Waals surface area contributed by atoms with Gasteiger partial charge in [-0.1, -0.05) is 6.07 Å². The molecular weight excluding hydrogens is 392 g/mol. The van der Waals surface area contributed by atoms with Gasteiger partial charge in [-0.2, -0.15) is 0 Å². The summed E-state index contributed by atoms with van der Waals surface area (Å²) in [5.74, 6) is 0.712. The Labute approximate surface area is 180 Å². The van der Waals surface area contributed by atoms with E-state index in [1.54, 1.807) is 43.5 Å². The van der Waals surface area contributed by atoms with Gasteiger partial charge in [0.05, 0.1) is 17.9 Å². The lowest BCUT2D eigenvalue weighted by molar-refractivity contribution is -0.127. The number of aromatic nitrogens is 3. The van der Waals surface area contributed by atoms with E-state index in [4.69, 9.17) is 0 Å². The fourth-order valence-corrected chi connectivity index (χ4v) is 4.66. The van der Waals surface area contributed by atoms with Crippen LogP contribution in [0.4, 0.5) is 5.69 Å². The number of rotatable bonds is 3. The average Bonchev–Trinajstić information content (AvgIpc) is 3.45. The zero-order chi connectivity index (χ0) is 21.6. The zero-order valence-electron chi connectivity index (χ0n) is 17.6. The first kappa shape index (κ1) is 19.3. The van der Waals surface area contributed by atoms with Gasteiger partial charge in [-0.3, -0.25) is 14.6 Å². The van der Waals surface area contributed by atoms with E-state index in [1.807, 2.05) is 35.4 Å². The molecule has 0 bridgehead atoms. The maximum atomic E-state index is 13.2. The number of amides is 2. The third-order valence-electron chi connectivity index (χ3n) is 6.24. The first-order valence-electron chi connectivity index (χ1n) is 10.3.